The van der Waals surface area contributed by atoms with Crippen molar-refractivity contribution in [2.24, 2.45) is 12.8 Å². The Morgan fingerprint density at radius 3 is 2.71 bits per heavy atom. The van der Waals surface area contributed by atoms with E-state index >= 15 is 0 Å². The number of aromatic nitrogens is 2. The van der Waals surface area contributed by atoms with Crippen LogP contribution in [0.5, 0.6) is 0 Å². The zero-order valence-corrected chi connectivity index (χ0v) is 12.8. The van der Waals surface area contributed by atoms with Crippen LogP contribution in [0.2, 0.25) is 0 Å². The van der Waals surface area contributed by atoms with E-state index < -0.39 is 10.0 Å². The molecular formula is C14H18N4O2S. The average molecular weight is 306 g/mol. The van der Waals surface area contributed by atoms with Gasteiger partial charge in [-0.1, -0.05) is 24.3 Å². The van der Waals surface area contributed by atoms with E-state index in [0.29, 0.717) is 12.1 Å². The molecule has 0 spiro atoms. The van der Waals surface area contributed by atoms with Gasteiger partial charge in [-0.3, -0.25) is 4.68 Å². The van der Waals surface area contributed by atoms with Gasteiger partial charge < -0.3 is 5.73 Å². The molecule has 0 bridgehead atoms. The number of aryl methyl sites for hydroxylation is 1. The zero-order chi connectivity index (χ0) is 15.2. The van der Waals surface area contributed by atoms with Gasteiger partial charge in [-0.05, 0) is 24.5 Å². The van der Waals surface area contributed by atoms with Crippen LogP contribution in [-0.4, -0.2) is 24.2 Å². The highest BCUT2D eigenvalue weighted by atomic mass is 32.2. The fraction of sp³-hybridized carbons (Fsp3) is 0.357. The molecule has 0 radical (unpaired) electrons. The van der Waals surface area contributed by atoms with Crippen LogP contribution in [-0.2, 0) is 23.5 Å². The minimum absolute atomic E-state index is 0.202. The largest absolute Gasteiger partial charge is 0.323 e. The molecule has 0 unspecified atom stereocenters. The molecule has 0 saturated carbocycles. The minimum atomic E-state index is -3.62. The minimum Gasteiger partial charge on any atom is -0.323 e. The lowest BCUT2D eigenvalue weighted by Crippen LogP contribution is -2.40. The third-order valence-corrected chi connectivity index (χ3v) is 5.67. The fourth-order valence-corrected chi connectivity index (χ4v) is 4.21. The lowest BCUT2D eigenvalue weighted by atomic mass is 10.1. The van der Waals surface area contributed by atoms with Gasteiger partial charge in [0.15, 0.2) is 0 Å². The van der Waals surface area contributed by atoms with Crippen molar-refractivity contribution >= 4 is 10.0 Å². The number of hydrogen-bond donors (Lipinski definition) is 2. The van der Waals surface area contributed by atoms with E-state index in [-0.39, 0.29) is 17.0 Å². The van der Waals surface area contributed by atoms with Gasteiger partial charge in [0.25, 0.3) is 0 Å². The molecule has 21 heavy (non-hydrogen) atoms. The Kier molecular flexibility index (Phi) is 3.35. The van der Waals surface area contributed by atoms with Crippen molar-refractivity contribution in [2.45, 2.75) is 30.3 Å². The summed E-state index contributed by atoms with van der Waals surface area (Å²) in [6.45, 7) is 1.73. The normalized spacial score (nSPS) is 21.5. The molecule has 112 valence electrons. The monoisotopic (exact) mass is 306 g/mol. The van der Waals surface area contributed by atoms with E-state index in [1.54, 1.807) is 14.0 Å². The first-order valence-electron chi connectivity index (χ1n) is 6.74. The average Bonchev–Trinajstić information content (AvgIpc) is 2.93. The van der Waals surface area contributed by atoms with Crippen LogP contribution < -0.4 is 10.5 Å². The summed E-state index contributed by atoms with van der Waals surface area (Å²) in [5.74, 6) is 0. The molecule has 1 aromatic heterocycles. The molecule has 3 rings (SSSR count). The zero-order valence-electron chi connectivity index (χ0n) is 11.9. The Hall–Kier alpha value is -1.70. The van der Waals surface area contributed by atoms with Gasteiger partial charge >= 0.3 is 0 Å². The summed E-state index contributed by atoms with van der Waals surface area (Å²) in [6.07, 6.45) is 1.97. The second kappa shape index (κ2) is 4.94. The van der Waals surface area contributed by atoms with Gasteiger partial charge in [0.1, 0.15) is 4.90 Å². The predicted molar refractivity (Wildman–Crippen MR) is 79.1 cm³/mol. The third-order valence-electron chi connectivity index (χ3n) is 4.07. The quantitative estimate of drug-likeness (QED) is 0.870. The Balaban J connectivity index is 1.87. The van der Waals surface area contributed by atoms with E-state index in [1.807, 2.05) is 24.3 Å². The maximum atomic E-state index is 12.5. The van der Waals surface area contributed by atoms with Crippen molar-refractivity contribution in [2.75, 3.05) is 0 Å². The molecule has 3 N–H and O–H groups in total. The Labute approximate surface area is 124 Å². The number of nitrogens with zero attached hydrogens (tertiary/aromatic N) is 2. The Morgan fingerprint density at radius 2 is 2.10 bits per heavy atom. The highest BCUT2D eigenvalue weighted by Crippen LogP contribution is 2.30. The van der Waals surface area contributed by atoms with Crippen LogP contribution in [0.15, 0.2) is 35.4 Å². The van der Waals surface area contributed by atoms with Gasteiger partial charge in [-0.15, -0.1) is 0 Å². The Morgan fingerprint density at radius 1 is 1.38 bits per heavy atom. The van der Waals surface area contributed by atoms with Crippen LogP contribution in [0.3, 0.4) is 0 Å². The van der Waals surface area contributed by atoms with E-state index in [9.17, 15) is 8.42 Å². The van der Waals surface area contributed by atoms with Crippen molar-refractivity contribution in [3.8, 4) is 0 Å². The molecule has 1 aliphatic rings. The highest BCUT2D eigenvalue weighted by Gasteiger charge is 2.33. The smallest absolute Gasteiger partial charge is 0.244 e. The van der Waals surface area contributed by atoms with Crippen molar-refractivity contribution in [3.63, 3.8) is 0 Å². The molecular weight excluding hydrogens is 288 g/mol. The van der Waals surface area contributed by atoms with Crippen LogP contribution in [0.25, 0.3) is 0 Å². The van der Waals surface area contributed by atoms with E-state index in [1.165, 1.54) is 10.9 Å². The summed E-state index contributed by atoms with van der Waals surface area (Å²) in [7, 11) is -1.90. The molecule has 1 heterocycles. The molecule has 0 fully saturated rings. The van der Waals surface area contributed by atoms with Crippen molar-refractivity contribution in [1.29, 1.82) is 0 Å². The molecule has 2 aromatic rings. The van der Waals surface area contributed by atoms with Crippen LogP contribution in [0, 0.1) is 6.92 Å². The second-order valence-corrected chi connectivity index (χ2v) is 7.06. The van der Waals surface area contributed by atoms with Crippen LogP contribution in [0.4, 0.5) is 0 Å². The molecule has 0 aliphatic heterocycles. The SMILES string of the molecule is Cc1c(S(=O)(=O)N[C@@H]2Cc3ccccc3[C@H]2N)cnn1C. The first-order valence-corrected chi connectivity index (χ1v) is 8.23. The van der Waals surface area contributed by atoms with E-state index in [4.69, 9.17) is 5.73 Å². The van der Waals surface area contributed by atoms with Gasteiger partial charge in [0.05, 0.1) is 11.9 Å². The topological polar surface area (TPSA) is 90.0 Å². The maximum absolute atomic E-state index is 12.5. The number of sulfonamides is 1. The van der Waals surface area contributed by atoms with Gasteiger partial charge in [0, 0.05) is 19.1 Å². The number of nitrogens with one attached hydrogen (secondary N) is 1. The second-order valence-electron chi connectivity index (χ2n) is 5.37. The molecule has 0 amide bonds. The van der Waals surface area contributed by atoms with Crippen LogP contribution >= 0.6 is 0 Å². The molecule has 1 aromatic carbocycles. The molecule has 2 atom stereocenters. The van der Waals surface area contributed by atoms with Crippen molar-refractivity contribution in [1.82, 2.24) is 14.5 Å². The summed E-state index contributed by atoms with van der Waals surface area (Å²) in [5, 5.41) is 3.98. The first-order chi connectivity index (χ1) is 9.90. The molecule has 0 saturated heterocycles. The molecule has 6 nitrogen and oxygen atoms in total. The van der Waals surface area contributed by atoms with Crippen LogP contribution in [0.1, 0.15) is 22.9 Å². The van der Waals surface area contributed by atoms with Gasteiger partial charge in [-0.2, -0.15) is 5.10 Å². The van der Waals surface area contributed by atoms with Gasteiger partial charge in [-0.25, -0.2) is 13.1 Å². The highest BCUT2D eigenvalue weighted by molar-refractivity contribution is 7.89. The molecule has 1 aliphatic carbocycles. The summed E-state index contributed by atoms with van der Waals surface area (Å²) in [6, 6.07) is 7.14. The predicted octanol–water partition coefficient (Wildman–Crippen LogP) is 0.632. The number of fused-ring (bicyclic) bond motifs is 1. The standard InChI is InChI=1S/C14H18N4O2S/c1-9-13(8-16-18(9)2)21(19,20)17-12-7-10-5-3-4-6-11(10)14(12)15/h3-6,8,12,14,17H,7,15H2,1-2H3/t12-,14-/m1/s1. The number of nitrogens with two attached hydrogens (primary N) is 1. The first kappa shape index (κ1) is 14.2. The summed E-state index contributed by atoms with van der Waals surface area (Å²) >= 11 is 0. The summed E-state index contributed by atoms with van der Waals surface area (Å²) in [4.78, 5) is 0.202. The van der Waals surface area contributed by atoms with Crippen molar-refractivity contribution < 1.29 is 8.42 Å². The van der Waals surface area contributed by atoms with E-state index in [0.717, 1.165) is 11.1 Å². The van der Waals surface area contributed by atoms with Crippen molar-refractivity contribution in [3.05, 3.63) is 47.3 Å². The summed E-state index contributed by atoms with van der Waals surface area (Å²) in [5.41, 5.74) is 8.88. The third kappa shape index (κ3) is 2.37. The number of hydrogen-bond acceptors (Lipinski definition) is 4. The maximum Gasteiger partial charge on any atom is 0.244 e. The van der Waals surface area contributed by atoms with E-state index in [2.05, 4.69) is 9.82 Å². The fourth-order valence-electron chi connectivity index (χ4n) is 2.75. The van der Waals surface area contributed by atoms with Gasteiger partial charge in [0.2, 0.25) is 10.0 Å². The number of benzene rings is 1. The summed E-state index contributed by atoms with van der Waals surface area (Å²) < 4.78 is 29.3. The Bertz CT molecular complexity index is 782. The lowest BCUT2D eigenvalue weighted by Gasteiger charge is -2.17. The lowest BCUT2D eigenvalue weighted by molar-refractivity contribution is 0.514. The number of rotatable bonds is 3. The molecule has 7 heteroatoms.